The maximum absolute atomic E-state index is 13.1. The van der Waals surface area contributed by atoms with Crippen LogP contribution in [0.15, 0.2) is 53.6 Å². The Bertz CT molecular complexity index is 1920. The van der Waals surface area contributed by atoms with Gasteiger partial charge in [-0.2, -0.15) is 0 Å². The van der Waals surface area contributed by atoms with Crippen molar-refractivity contribution in [2.24, 2.45) is 0 Å². The first kappa shape index (κ1) is 38.3. The first-order valence-corrected chi connectivity index (χ1v) is 15.8. The van der Waals surface area contributed by atoms with Gasteiger partial charge in [-0.15, -0.1) is 0 Å². The number of hydrogen-bond donors (Lipinski definition) is 0. The first-order chi connectivity index (χ1) is 24.3. The van der Waals surface area contributed by atoms with Crippen molar-refractivity contribution in [1.29, 1.82) is 0 Å². The van der Waals surface area contributed by atoms with E-state index in [1.807, 2.05) is 26.8 Å². The van der Waals surface area contributed by atoms with Gasteiger partial charge in [0, 0.05) is 36.3 Å². The van der Waals surface area contributed by atoms with E-state index >= 15 is 0 Å². The summed E-state index contributed by atoms with van der Waals surface area (Å²) in [5.41, 5.74) is 4.00. The molecular formula is C39H44O12. The lowest BCUT2D eigenvalue weighted by molar-refractivity contribution is 0.0404. The van der Waals surface area contributed by atoms with Crippen LogP contribution in [-0.4, -0.2) is 87.5 Å². The molecule has 1 aliphatic carbocycles. The summed E-state index contributed by atoms with van der Waals surface area (Å²) in [7, 11) is 12.9. The van der Waals surface area contributed by atoms with Gasteiger partial charge in [-0.05, 0) is 67.3 Å². The molecule has 0 N–H and O–H groups in total. The fourth-order valence-electron chi connectivity index (χ4n) is 7.07. The van der Waals surface area contributed by atoms with Crippen molar-refractivity contribution < 1.29 is 57.0 Å². The third-order valence-corrected chi connectivity index (χ3v) is 9.41. The molecule has 0 fully saturated rings. The largest absolute Gasteiger partial charge is 0.496 e. The highest BCUT2D eigenvalue weighted by Crippen LogP contribution is 2.58. The zero-order chi connectivity index (χ0) is 37.8. The summed E-state index contributed by atoms with van der Waals surface area (Å²) >= 11 is 0. The zero-order valence-electron chi connectivity index (χ0n) is 31.0. The third kappa shape index (κ3) is 6.59. The van der Waals surface area contributed by atoms with E-state index in [0.29, 0.717) is 39.5 Å². The maximum Gasteiger partial charge on any atom is 0.341 e. The van der Waals surface area contributed by atoms with Crippen LogP contribution in [0, 0.1) is 0 Å². The Labute approximate surface area is 297 Å². The Morgan fingerprint density at radius 3 is 1.51 bits per heavy atom. The number of benzene rings is 3. The molecule has 0 heterocycles. The predicted molar refractivity (Wildman–Crippen MR) is 189 cm³/mol. The minimum atomic E-state index is -1.22. The van der Waals surface area contributed by atoms with Crippen LogP contribution >= 0.6 is 0 Å². The molecule has 12 nitrogen and oxygen atoms in total. The number of methoxy groups -OCH3 is 9. The number of carbonyl (C=O) groups excluding carboxylic acids is 3. The highest BCUT2D eigenvalue weighted by molar-refractivity contribution is 6.02. The van der Waals surface area contributed by atoms with Crippen molar-refractivity contribution >= 4 is 29.1 Å². The van der Waals surface area contributed by atoms with E-state index in [-0.39, 0.29) is 28.2 Å². The molecular weight excluding hydrogens is 660 g/mol. The Morgan fingerprint density at radius 1 is 0.569 bits per heavy atom. The van der Waals surface area contributed by atoms with Gasteiger partial charge in [0.05, 0.1) is 56.9 Å². The van der Waals surface area contributed by atoms with Gasteiger partial charge in [-0.25, -0.2) is 14.4 Å². The summed E-state index contributed by atoms with van der Waals surface area (Å²) in [5.74, 6) is -0.857. The standard InChI is InChI=1S/C39H44O12/c1-20-33(22-13-14-28(43-4)25(15-22)36(40)48-9)21(2)35(24-17-27(38(42)50-11)32(47-8)19-30(24)45-6)39(3,51-12)34(20)23-16-26(37(41)49-10)31(46-7)18-29(23)44-5/h13-19,34H,1-12H3. The molecule has 2 unspecified atom stereocenters. The highest BCUT2D eigenvalue weighted by atomic mass is 16.5. The predicted octanol–water partition coefficient (Wildman–Crippen LogP) is 6.54. The summed E-state index contributed by atoms with van der Waals surface area (Å²) in [6.45, 7) is 5.79. The van der Waals surface area contributed by atoms with E-state index in [1.54, 1.807) is 43.5 Å². The molecule has 0 saturated carbocycles. The molecule has 0 amide bonds. The molecule has 12 heteroatoms. The van der Waals surface area contributed by atoms with Crippen molar-refractivity contribution in [3.8, 4) is 28.7 Å². The van der Waals surface area contributed by atoms with Crippen LogP contribution in [0.5, 0.6) is 28.7 Å². The Balaban J connectivity index is 2.26. The molecule has 0 radical (unpaired) electrons. The maximum atomic E-state index is 13.1. The number of esters is 3. The number of rotatable bonds is 12. The first-order valence-electron chi connectivity index (χ1n) is 15.8. The molecule has 0 spiro atoms. The lowest BCUT2D eigenvalue weighted by Crippen LogP contribution is -2.41. The summed E-state index contributed by atoms with van der Waals surface area (Å²) < 4.78 is 50.3. The zero-order valence-corrected chi connectivity index (χ0v) is 31.0. The van der Waals surface area contributed by atoms with E-state index in [2.05, 4.69) is 0 Å². The summed E-state index contributed by atoms with van der Waals surface area (Å²) in [6.07, 6.45) is 0. The van der Waals surface area contributed by atoms with Crippen molar-refractivity contribution in [2.75, 3.05) is 64.0 Å². The molecule has 3 aromatic rings. The summed E-state index contributed by atoms with van der Waals surface area (Å²) in [4.78, 5) is 39.2. The van der Waals surface area contributed by atoms with Crippen LogP contribution in [0.3, 0.4) is 0 Å². The normalized spacial score (nSPS) is 17.1. The molecule has 4 rings (SSSR count). The van der Waals surface area contributed by atoms with Crippen LogP contribution < -0.4 is 23.7 Å². The van der Waals surface area contributed by atoms with E-state index < -0.39 is 29.4 Å². The van der Waals surface area contributed by atoms with E-state index in [1.165, 1.54) is 56.9 Å². The monoisotopic (exact) mass is 704 g/mol. The average Bonchev–Trinajstić information content (AvgIpc) is 3.16. The summed E-state index contributed by atoms with van der Waals surface area (Å²) in [5, 5.41) is 0. The molecule has 51 heavy (non-hydrogen) atoms. The molecule has 2 atom stereocenters. The minimum absolute atomic E-state index is 0.159. The van der Waals surface area contributed by atoms with Gasteiger partial charge >= 0.3 is 17.9 Å². The van der Waals surface area contributed by atoms with Crippen molar-refractivity contribution in [2.45, 2.75) is 32.3 Å². The number of ether oxygens (including phenoxy) is 9. The quantitative estimate of drug-likeness (QED) is 0.150. The smallest absolute Gasteiger partial charge is 0.341 e. The third-order valence-electron chi connectivity index (χ3n) is 9.41. The number of hydrogen-bond acceptors (Lipinski definition) is 12. The van der Waals surface area contributed by atoms with Crippen LogP contribution in [0.25, 0.3) is 11.1 Å². The Kier molecular flexibility index (Phi) is 11.7. The second-order valence-corrected chi connectivity index (χ2v) is 11.7. The van der Waals surface area contributed by atoms with Crippen molar-refractivity contribution in [1.82, 2.24) is 0 Å². The van der Waals surface area contributed by atoms with E-state index in [0.717, 1.165) is 16.7 Å². The van der Waals surface area contributed by atoms with Crippen LogP contribution in [0.2, 0.25) is 0 Å². The Morgan fingerprint density at radius 2 is 1.04 bits per heavy atom. The topological polar surface area (TPSA) is 134 Å². The second kappa shape index (κ2) is 15.6. The minimum Gasteiger partial charge on any atom is -0.496 e. The lowest BCUT2D eigenvalue weighted by Gasteiger charge is -2.46. The molecule has 272 valence electrons. The number of allylic oxidation sites excluding steroid dienone is 2. The lowest BCUT2D eigenvalue weighted by atomic mass is 9.64. The van der Waals surface area contributed by atoms with Gasteiger partial charge in [-0.1, -0.05) is 11.6 Å². The second-order valence-electron chi connectivity index (χ2n) is 11.7. The van der Waals surface area contributed by atoms with Gasteiger partial charge in [0.1, 0.15) is 51.0 Å². The molecule has 0 aromatic heterocycles. The van der Waals surface area contributed by atoms with Gasteiger partial charge in [0.2, 0.25) is 0 Å². The molecule has 1 aliphatic rings. The summed E-state index contributed by atoms with van der Waals surface area (Å²) in [6, 6.07) is 11.8. The van der Waals surface area contributed by atoms with E-state index in [4.69, 9.17) is 42.6 Å². The van der Waals surface area contributed by atoms with Gasteiger partial charge < -0.3 is 42.6 Å². The highest BCUT2D eigenvalue weighted by Gasteiger charge is 2.48. The average molecular weight is 705 g/mol. The van der Waals surface area contributed by atoms with E-state index in [9.17, 15) is 14.4 Å². The SMILES string of the molecule is COC(=O)c1cc(C2=C(C)C(c3cc(C(=O)OC)c(OC)cc3OC)C(C)(OC)C(c3cc(C(=O)OC)c(OC)cc3OC)=C2C)ccc1OC. The molecule has 0 bridgehead atoms. The van der Waals surface area contributed by atoms with Gasteiger partial charge in [-0.3, -0.25) is 0 Å². The van der Waals surface area contributed by atoms with Crippen LogP contribution in [-0.2, 0) is 18.9 Å². The van der Waals surface area contributed by atoms with Crippen molar-refractivity contribution in [3.63, 3.8) is 0 Å². The van der Waals surface area contributed by atoms with Gasteiger partial charge in [0.25, 0.3) is 0 Å². The number of carbonyl (C=O) groups is 3. The van der Waals surface area contributed by atoms with Crippen LogP contribution in [0.4, 0.5) is 0 Å². The molecule has 3 aromatic carbocycles. The molecule has 0 saturated heterocycles. The fraction of sp³-hybridized carbons (Fsp3) is 0.359. The van der Waals surface area contributed by atoms with Crippen molar-refractivity contribution in [3.05, 3.63) is 87.0 Å². The fourth-order valence-corrected chi connectivity index (χ4v) is 7.07. The Hall–Kier alpha value is -5.49. The van der Waals surface area contributed by atoms with Crippen LogP contribution in [0.1, 0.15) is 74.5 Å². The molecule has 0 aliphatic heterocycles. The van der Waals surface area contributed by atoms with Gasteiger partial charge in [0.15, 0.2) is 0 Å².